The number of carbonyl (C=O) groups excluding carboxylic acids is 3. The first-order valence-corrected chi connectivity index (χ1v) is 8.01. The highest BCUT2D eigenvalue weighted by atomic mass is 16.5. The maximum Gasteiger partial charge on any atom is 0.250 e. The maximum atomic E-state index is 12.4. The number of hydrogen-bond donors (Lipinski definition) is 2. The lowest BCUT2D eigenvalue weighted by molar-refractivity contribution is -0.134. The fourth-order valence-corrected chi connectivity index (χ4v) is 2.83. The molecule has 1 atom stereocenters. The zero-order valence-electron chi connectivity index (χ0n) is 14.6. The fourth-order valence-electron chi connectivity index (χ4n) is 2.83. The molecule has 8 heteroatoms. The van der Waals surface area contributed by atoms with E-state index in [-0.39, 0.29) is 24.3 Å². The number of methoxy groups -OCH3 is 2. The van der Waals surface area contributed by atoms with Crippen LogP contribution in [0.5, 0.6) is 5.75 Å². The largest absolute Gasteiger partial charge is 0.494 e. The molecular weight excluding hydrogens is 326 g/mol. The van der Waals surface area contributed by atoms with Gasteiger partial charge in [-0.15, -0.1) is 0 Å². The molecule has 1 aliphatic heterocycles. The Morgan fingerprint density at radius 3 is 2.64 bits per heavy atom. The summed E-state index contributed by atoms with van der Waals surface area (Å²) in [7, 11) is 2.91. The molecule has 2 N–H and O–H groups in total. The molecular formula is C17H23N3O5. The summed E-state index contributed by atoms with van der Waals surface area (Å²) in [6, 6.07) is 4.47. The molecule has 1 unspecified atom stereocenters. The van der Waals surface area contributed by atoms with Gasteiger partial charge < -0.3 is 25.0 Å². The molecule has 0 bridgehead atoms. The van der Waals surface area contributed by atoms with Crippen LogP contribution in [0, 0.1) is 0 Å². The molecule has 3 amide bonds. The lowest BCUT2D eigenvalue weighted by atomic mass is 10.2. The Morgan fingerprint density at radius 2 is 2.00 bits per heavy atom. The van der Waals surface area contributed by atoms with Crippen molar-refractivity contribution >= 4 is 29.1 Å². The first-order valence-electron chi connectivity index (χ1n) is 8.01. The summed E-state index contributed by atoms with van der Waals surface area (Å²) < 4.78 is 10.0. The third-order valence-corrected chi connectivity index (χ3v) is 3.98. The van der Waals surface area contributed by atoms with Crippen LogP contribution >= 0.6 is 0 Å². The van der Waals surface area contributed by atoms with Gasteiger partial charge in [-0.05, 0) is 25.0 Å². The average molecular weight is 349 g/mol. The second-order valence-electron chi connectivity index (χ2n) is 5.76. The molecule has 1 aromatic rings. The number of anilines is 2. The number of nitrogens with one attached hydrogen (secondary N) is 2. The molecule has 2 rings (SSSR count). The molecule has 8 nitrogen and oxygen atoms in total. The van der Waals surface area contributed by atoms with E-state index in [1.807, 2.05) is 0 Å². The Morgan fingerprint density at radius 1 is 1.24 bits per heavy atom. The molecule has 1 aliphatic rings. The van der Waals surface area contributed by atoms with Crippen LogP contribution in [0.25, 0.3) is 0 Å². The summed E-state index contributed by atoms with van der Waals surface area (Å²) in [5.74, 6) is -0.227. The van der Waals surface area contributed by atoms with Crippen LogP contribution < -0.4 is 15.4 Å². The van der Waals surface area contributed by atoms with Crippen LogP contribution in [-0.2, 0) is 19.1 Å². The van der Waals surface area contributed by atoms with Crippen LogP contribution in [0.1, 0.15) is 19.8 Å². The second kappa shape index (κ2) is 8.48. The van der Waals surface area contributed by atoms with Gasteiger partial charge in [-0.3, -0.25) is 14.4 Å². The summed E-state index contributed by atoms with van der Waals surface area (Å²) in [5.41, 5.74) is 1.01. The first kappa shape index (κ1) is 18.7. The standard InChI is InChI=1S/C17H23N3O5/c1-11(21)20-8-4-5-14(20)17(23)18-12-6-7-13(15(9-12)25-3)19-16(22)10-24-2/h6-7,9,14H,4-5,8,10H2,1-3H3,(H,18,23)(H,19,22). The van der Waals surface area contributed by atoms with Gasteiger partial charge in [0.25, 0.3) is 0 Å². The topological polar surface area (TPSA) is 97.0 Å². The highest BCUT2D eigenvalue weighted by Crippen LogP contribution is 2.28. The number of likely N-dealkylation sites (tertiary alicyclic amines) is 1. The average Bonchev–Trinajstić information content (AvgIpc) is 3.06. The van der Waals surface area contributed by atoms with E-state index in [0.29, 0.717) is 30.1 Å². The Balaban J connectivity index is 2.08. The van der Waals surface area contributed by atoms with E-state index in [4.69, 9.17) is 9.47 Å². The van der Waals surface area contributed by atoms with Crippen LogP contribution in [0.4, 0.5) is 11.4 Å². The second-order valence-corrected chi connectivity index (χ2v) is 5.76. The van der Waals surface area contributed by atoms with E-state index in [2.05, 4.69) is 10.6 Å². The predicted octanol–water partition coefficient (Wildman–Crippen LogP) is 1.23. The number of hydrogen-bond acceptors (Lipinski definition) is 5. The van der Waals surface area contributed by atoms with Gasteiger partial charge in [0.15, 0.2) is 0 Å². The molecule has 1 saturated heterocycles. The molecule has 1 aromatic carbocycles. The van der Waals surface area contributed by atoms with Gasteiger partial charge in [-0.25, -0.2) is 0 Å². The minimum Gasteiger partial charge on any atom is -0.494 e. The molecule has 25 heavy (non-hydrogen) atoms. The van der Waals surface area contributed by atoms with Crippen molar-refractivity contribution in [1.29, 1.82) is 0 Å². The van der Waals surface area contributed by atoms with Gasteiger partial charge in [0, 0.05) is 32.3 Å². The molecule has 1 heterocycles. The molecule has 1 fully saturated rings. The van der Waals surface area contributed by atoms with Crippen LogP contribution in [0.2, 0.25) is 0 Å². The number of nitrogens with zero attached hydrogens (tertiary/aromatic N) is 1. The van der Waals surface area contributed by atoms with Crippen LogP contribution in [0.3, 0.4) is 0 Å². The first-order chi connectivity index (χ1) is 12.0. The minimum atomic E-state index is -0.454. The molecule has 0 spiro atoms. The molecule has 0 saturated carbocycles. The van der Waals surface area contributed by atoms with Crippen molar-refractivity contribution in [1.82, 2.24) is 4.90 Å². The van der Waals surface area contributed by atoms with Crippen molar-refractivity contribution in [3.63, 3.8) is 0 Å². The van der Waals surface area contributed by atoms with E-state index in [1.165, 1.54) is 21.1 Å². The van der Waals surface area contributed by atoms with E-state index in [1.54, 1.807) is 23.1 Å². The lowest BCUT2D eigenvalue weighted by Crippen LogP contribution is -2.42. The van der Waals surface area contributed by atoms with Gasteiger partial charge >= 0.3 is 0 Å². The van der Waals surface area contributed by atoms with Gasteiger partial charge in [0.2, 0.25) is 17.7 Å². The van der Waals surface area contributed by atoms with Crippen molar-refractivity contribution in [3.05, 3.63) is 18.2 Å². The lowest BCUT2D eigenvalue weighted by Gasteiger charge is -2.22. The Hall–Kier alpha value is -2.61. The normalized spacial score (nSPS) is 16.4. The van der Waals surface area contributed by atoms with Crippen molar-refractivity contribution in [2.45, 2.75) is 25.8 Å². The van der Waals surface area contributed by atoms with E-state index < -0.39 is 6.04 Å². The summed E-state index contributed by atoms with van der Waals surface area (Å²) in [5, 5.41) is 5.46. The molecule has 0 aliphatic carbocycles. The number of rotatable bonds is 6. The SMILES string of the molecule is COCC(=O)Nc1ccc(NC(=O)C2CCCN2C(C)=O)cc1OC. The maximum absolute atomic E-state index is 12.4. The molecule has 136 valence electrons. The highest BCUT2D eigenvalue weighted by Gasteiger charge is 2.32. The van der Waals surface area contributed by atoms with Gasteiger partial charge in [-0.2, -0.15) is 0 Å². The van der Waals surface area contributed by atoms with Crippen LogP contribution in [0.15, 0.2) is 18.2 Å². The minimum absolute atomic E-state index is 0.0653. The predicted molar refractivity (Wildman–Crippen MR) is 92.5 cm³/mol. The molecule has 0 aromatic heterocycles. The third-order valence-electron chi connectivity index (χ3n) is 3.98. The fraction of sp³-hybridized carbons (Fsp3) is 0.471. The van der Waals surface area contributed by atoms with Crippen molar-refractivity contribution in [2.75, 3.05) is 38.0 Å². The Kier molecular flexibility index (Phi) is 6.35. The number of benzene rings is 1. The molecule has 0 radical (unpaired) electrons. The Bertz CT molecular complexity index is 662. The highest BCUT2D eigenvalue weighted by molar-refractivity contribution is 5.98. The van der Waals surface area contributed by atoms with Gasteiger partial charge in [0.1, 0.15) is 18.4 Å². The number of amides is 3. The van der Waals surface area contributed by atoms with E-state index >= 15 is 0 Å². The quantitative estimate of drug-likeness (QED) is 0.805. The van der Waals surface area contributed by atoms with Gasteiger partial charge in [-0.1, -0.05) is 0 Å². The number of ether oxygens (including phenoxy) is 2. The summed E-state index contributed by atoms with van der Waals surface area (Å²) in [6.07, 6.45) is 1.46. The van der Waals surface area contributed by atoms with Crippen molar-refractivity contribution in [2.24, 2.45) is 0 Å². The summed E-state index contributed by atoms with van der Waals surface area (Å²) >= 11 is 0. The number of carbonyl (C=O) groups is 3. The summed E-state index contributed by atoms with van der Waals surface area (Å²) in [6.45, 7) is 2.00. The summed E-state index contributed by atoms with van der Waals surface area (Å²) in [4.78, 5) is 37.2. The third kappa shape index (κ3) is 4.69. The zero-order chi connectivity index (χ0) is 18.4. The zero-order valence-corrected chi connectivity index (χ0v) is 14.6. The van der Waals surface area contributed by atoms with E-state index in [9.17, 15) is 14.4 Å². The monoisotopic (exact) mass is 349 g/mol. The van der Waals surface area contributed by atoms with Crippen molar-refractivity contribution in [3.8, 4) is 5.75 Å². The Labute approximate surface area is 146 Å². The van der Waals surface area contributed by atoms with Crippen LogP contribution in [-0.4, -0.2) is 56.0 Å². The van der Waals surface area contributed by atoms with Crippen molar-refractivity contribution < 1.29 is 23.9 Å². The van der Waals surface area contributed by atoms with E-state index in [0.717, 1.165) is 6.42 Å². The van der Waals surface area contributed by atoms with Gasteiger partial charge in [0.05, 0.1) is 12.8 Å². The smallest absolute Gasteiger partial charge is 0.250 e.